The fraction of sp³-hybridized carbons (Fsp3) is 0.304. The number of rotatable bonds is 8. The van der Waals surface area contributed by atoms with E-state index in [2.05, 4.69) is 29.4 Å². The Balaban J connectivity index is 2.06. The fourth-order valence-corrected chi connectivity index (χ4v) is 3.37. The van der Waals surface area contributed by atoms with Crippen LogP contribution in [0.5, 0.6) is 0 Å². The van der Waals surface area contributed by atoms with E-state index in [1.165, 1.54) is 0 Å². The molecule has 1 amide bonds. The SMILES string of the molecule is CCCCNC(=O)Cc1cnc2c(CCO)cccc2c1-c1ccccc1. The van der Waals surface area contributed by atoms with E-state index in [1.54, 1.807) is 0 Å². The number of aliphatic hydroxyl groups is 1. The molecule has 4 heteroatoms. The molecule has 2 aromatic carbocycles. The van der Waals surface area contributed by atoms with E-state index in [-0.39, 0.29) is 12.5 Å². The lowest BCUT2D eigenvalue weighted by Crippen LogP contribution is -2.26. The normalized spacial score (nSPS) is 10.9. The molecular formula is C23H26N2O2. The van der Waals surface area contributed by atoms with Crippen LogP contribution < -0.4 is 5.32 Å². The zero-order valence-corrected chi connectivity index (χ0v) is 15.7. The smallest absolute Gasteiger partial charge is 0.224 e. The molecule has 0 aliphatic rings. The van der Waals surface area contributed by atoms with Crippen molar-refractivity contribution in [3.63, 3.8) is 0 Å². The van der Waals surface area contributed by atoms with Gasteiger partial charge < -0.3 is 10.4 Å². The van der Waals surface area contributed by atoms with Gasteiger partial charge in [-0.2, -0.15) is 0 Å². The zero-order chi connectivity index (χ0) is 19.1. The Morgan fingerprint density at radius 2 is 1.89 bits per heavy atom. The van der Waals surface area contributed by atoms with E-state index in [0.717, 1.165) is 46.0 Å². The molecule has 0 saturated carbocycles. The average molecular weight is 362 g/mol. The number of fused-ring (bicyclic) bond motifs is 1. The van der Waals surface area contributed by atoms with Gasteiger partial charge in [-0.25, -0.2) is 0 Å². The minimum atomic E-state index is 0.0216. The van der Waals surface area contributed by atoms with E-state index in [4.69, 9.17) is 0 Å². The topological polar surface area (TPSA) is 62.2 Å². The maximum absolute atomic E-state index is 12.4. The van der Waals surface area contributed by atoms with Crippen LogP contribution in [0, 0.1) is 0 Å². The average Bonchev–Trinajstić information content (AvgIpc) is 2.69. The summed E-state index contributed by atoms with van der Waals surface area (Å²) in [5.74, 6) is 0.0216. The number of carbonyl (C=O) groups excluding carboxylic acids is 1. The summed E-state index contributed by atoms with van der Waals surface area (Å²) in [6, 6.07) is 16.2. The number of pyridine rings is 1. The lowest BCUT2D eigenvalue weighted by atomic mass is 9.93. The van der Waals surface area contributed by atoms with Gasteiger partial charge >= 0.3 is 0 Å². The fourth-order valence-electron chi connectivity index (χ4n) is 3.37. The summed E-state index contributed by atoms with van der Waals surface area (Å²) in [4.78, 5) is 17.0. The summed E-state index contributed by atoms with van der Waals surface area (Å²) in [6.45, 7) is 2.90. The first-order valence-electron chi connectivity index (χ1n) is 9.57. The molecule has 3 aromatic rings. The molecule has 0 fully saturated rings. The van der Waals surface area contributed by atoms with Gasteiger partial charge in [0.1, 0.15) is 0 Å². The minimum Gasteiger partial charge on any atom is -0.396 e. The van der Waals surface area contributed by atoms with Crippen LogP contribution in [0.4, 0.5) is 0 Å². The molecule has 1 aromatic heterocycles. The van der Waals surface area contributed by atoms with Gasteiger partial charge in [0.15, 0.2) is 0 Å². The van der Waals surface area contributed by atoms with Gasteiger partial charge in [0, 0.05) is 24.7 Å². The van der Waals surface area contributed by atoms with Crippen LogP contribution in [0.2, 0.25) is 0 Å². The Morgan fingerprint density at radius 1 is 1.07 bits per heavy atom. The first kappa shape index (κ1) is 19.1. The zero-order valence-electron chi connectivity index (χ0n) is 15.7. The maximum Gasteiger partial charge on any atom is 0.224 e. The van der Waals surface area contributed by atoms with Gasteiger partial charge in [-0.1, -0.05) is 61.9 Å². The molecule has 0 saturated heterocycles. The molecule has 0 bridgehead atoms. The summed E-state index contributed by atoms with van der Waals surface area (Å²) in [5.41, 5.74) is 4.95. The second-order valence-corrected chi connectivity index (χ2v) is 6.69. The van der Waals surface area contributed by atoms with E-state index >= 15 is 0 Å². The number of para-hydroxylation sites is 1. The van der Waals surface area contributed by atoms with Crippen molar-refractivity contribution in [3.8, 4) is 11.1 Å². The standard InChI is InChI=1S/C23H26N2O2/c1-2-3-13-24-21(27)15-19-16-25-23-18(12-14-26)10-7-11-20(23)22(19)17-8-5-4-6-9-17/h4-11,16,26H,2-3,12-15H2,1H3,(H,24,27). The largest absolute Gasteiger partial charge is 0.396 e. The maximum atomic E-state index is 12.4. The van der Waals surface area contributed by atoms with Crippen LogP contribution in [0.1, 0.15) is 30.9 Å². The Morgan fingerprint density at radius 3 is 2.63 bits per heavy atom. The van der Waals surface area contributed by atoms with E-state index < -0.39 is 0 Å². The van der Waals surface area contributed by atoms with Gasteiger partial charge in [0.2, 0.25) is 5.91 Å². The van der Waals surface area contributed by atoms with E-state index in [1.807, 2.05) is 42.6 Å². The number of hydrogen-bond donors (Lipinski definition) is 2. The number of benzene rings is 2. The Bertz CT molecular complexity index is 907. The summed E-state index contributed by atoms with van der Waals surface area (Å²) in [7, 11) is 0. The number of hydrogen-bond acceptors (Lipinski definition) is 3. The van der Waals surface area contributed by atoms with Gasteiger partial charge in [0.05, 0.1) is 11.9 Å². The van der Waals surface area contributed by atoms with Crippen molar-refractivity contribution >= 4 is 16.8 Å². The van der Waals surface area contributed by atoms with Gasteiger partial charge in [-0.3, -0.25) is 9.78 Å². The molecule has 27 heavy (non-hydrogen) atoms. The second kappa shape index (κ2) is 9.28. The molecule has 0 spiro atoms. The van der Waals surface area contributed by atoms with Gasteiger partial charge in [-0.05, 0) is 35.1 Å². The van der Waals surface area contributed by atoms with Crippen molar-refractivity contribution in [2.45, 2.75) is 32.6 Å². The summed E-state index contributed by atoms with van der Waals surface area (Å²) >= 11 is 0. The molecule has 0 radical (unpaired) electrons. The van der Waals surface area contributed by atoms with E-state index in [9.17, 15) is 9.90 Å². The minimum absolute atomic E-state index is 0.0216. The third-order valence-electron chi connectivity index (χ3n) is 4.71. The predicted molar refractivity (Wildman–Crippen MR) is 110 cm³/mol. The van der Waals surface area contributed by atoms with Crippen LogP contribution in [-0.2, 0) is 17.6 Å². The van der Waals surface area contributed by atoms with Crippen molar-refractivity contribution in [3.05, 3.63) is 65.9 Å². The number of aromatic nitrogens is 1. The Hall–Kier alpha value is -2.72. The lowest BCUT2D eigenvalue weighted by Gasteiger charge is -2.15. The molecule has 140 valence electrons. The summed E-state index contributed by atoms with van der Waals surface area (Å²) in [5, 5.41) is 13.4. The van der Waals surface area contributed by atoms with E-state index in [0.29, 0.717) is 19.4 Å². The first-order chi connectivity index (χ1) is 13.2. The molecule has 2 N–H and O–H groups in total. The molecule has 0 atom stereocenters. The van der Waals surface area contributed by atoms with Crippen LogP contribution >= 0.6 is 0 Å². The first-order valence-corrected chi connectivity index (χ1v) is 9.57. The quantitative estimate of drug-likeness (QED) is 0.598. The molecule has 0 aliphatic carbocycles. The van der Waals surface area contributed by atoms with Crippen molar-refractivity contribution in [2.75, 3.05) is 13.2 Å². The van der Waals surface area contributed by atoms with Crippen molar-refractivity contribution in [1.82, 2.24) is 10.3 Å². The molecular weight excluding hydrogens is 336 g/mol. The molecule has 0 unspecified atom stereocenters. The Kier molecular flexibility index (Phi) is 6.55. The van der Waals surface area contributed by atoms with Gasteiger partial charge in [-0.15, -0.1) is 0 Å². The molecule has 3 rings (SSSR count). The van der Waals surface area contributed by atoms with Crippen molar-refractivity contribution < 1.29 is 9.90 Å². The third-order valence-corrected chi connectivity index (χ3v) is 4.71. The number of aliphatic hydroxyl groups excluding tert-OH is 1. The number of amides is 1. The molecule has 4 nitrogen and oxygen atoms in total. The molecule has 0 aliphatic heterocycles. The second-order valence-electron chi connectivity index (χ2n) is 6.69. The highest BCUT2D eigenvalue weighted by Crippen LogP contribution is 2.32. The van der Waals surface area contributed by atoms with Crippen LogP contribution in [-0.4, -0.2) is 29.1 Å². The van der Waals surface area contributed by atoms with Crippen LogP contribution in [0.3, 0.4) is 0 Å². The lowest BCUT2D eigenvalue weighted by molar-refractivity contribution is -0.120. The van der Waals surface area contributed by atoms with Crippen LogP contribution in [0.25, 0.3) is 22.0 Å². The van der Waals surface area contributed by atoms with Crippen LogP contribution in [0.15, 0.2) is 54.7 Å². The summed E-state index contributed by atoms with van der Waals surface area (Å²) < 4.78 is 0. The monoisotopic (exact) mass is 362 g/mol. The number of nitrogens with zero attached hydrogens (tertiary/aromatic N) is 1. The highest BCUT2D eigenvalue weighted by Gasteiger charge is 2.15. The molecule has 1 heterocycles. The van der Waals surface area contributed by atoms with Crippen molar-refractivity contribution in [2.24, 2.45) is 0 Å². The highest BCUT2D eigenvalue weighted by molar-refractivity contribution is 5.98. The third kappa shape index (κ3) is 4.52. The number of nitrogens with one attached hydrogen (secondary N) is 1. The predicted octanol–water partition coefficient (Wildman–Crippen LogP) is 3.90. The summed E-state index contributed by atoms with van der Waals surface area (Å²) in [6.07, 6.45) is 4.72. The number of carbonyl (C=O) groups is 1. The Labute approximate surface area is 160 Å². The van der Waals surface area contributed by atoms with Crippen molar-refractivity contribution in [1.29, 1.82) is 0 Å². The number of unbranched alkanes of at least 4 members (excludes halogenated alkanes) is 1. The van der Waals surface area contributed by atoms with Gasteiger partial charge in [0.25, 0.3) is 0 Å². The highest BCUT2D eigenvalue weighted by atomic mass is 16.3.